The number of hydrogen-bond acceptors (Lipinski definition) is 2. The lowest BCUT2D eigenvalue weighted by Crippen LogP contribution is -2.35. The van der Waals surface area contributed by atoms with Gasteiger partial charge in [0.2, 0.25) is 0 Å². The van der Waals surface area contributed by atoms with Crippen molar-refractivity contribution in [1.82, 2.24) is 4.90 Å². The highest BCUT2D eigenvalue weighted by Gasteiger charge is 2.30. The van der Waals surface area contributed by atoms with E-state index in [0.29, 0.717) is 6.42 Å². The first-order chi connectivity index (χ1) is 11.8. The van der Waals surface area contributed by atoms with Gasteiger partial charge in [0, 0.05) is 13.0 Å². The molecule has 1 atom stereocenters. The summed E-state index contributed by atoms with van der Waals surface area (Å²) >= 11 is 0. The highest BCUT2D eigenvalue weighted by molar-refractivity contribution is 5.27. The van der Waals surface area contributed by atoms with E-state index < -0.39 is 5.60 Å². The molecule has 128 valence electrons. The molecule has 0 bridgehead atoms. The van der Waals surface area contributed by atoms with Gasteiger partial charge in [0.05, 0.1) is 5.60 Å². The number of likely N-dealkylation sites (tertiary alicyclic amines) is 1. The van der Waals surface area contributed by atoms with Gasteiger partial charge in [0.1, 0.15) is 0 Å². The van der Waals surface area contributed by atoms with Crippen LogP contribution in [0.25, 0.3) is 0 Å². The van der Waals surface area contributed by atoms with Gasteiger partial charge in [-0.15, -0.1) is 0 Å². The van der Waals surface area contributed by atoms with Crippen molar-refractivity contribution in [1.29, 1.82) is 0 Å². The third-order valence-corrected chi connectivity index (χ3v) is 5.19. The Morgan fingerprint density at radius 2 is 1.38 bits per heavy atom. The van der Waals surface area contributed by atoms with Crippen molar-refractivity contribution >= 4 is 0 Å². The van der Waals surface area contributed by atoms with Crippen molar-refractivity contribution in [3.05, 3.63) is 71.8 Å². The van der Waals surface area contributed by atoms with Crippen LogP contribution in [0.2, 0.25) is 0 Å². The summed E-state index contributed by atoms with van der Waals surface area (Å²) in [5.74, 6) is 0. The number of rotatable bonds is 6. The Labute approximate surface area is 146 Å². The van der Waals surface area contributed by atoms with Crippen LogP contribution in [-0.2, 0) is 12.0 Å². The minimum atomic E-state index is -0.797. The molecule has 0 spiro atoms. The van der Waals surface area contributed by atoms with Crippen LogP contribution in [0.4, 0.5) is 0 Å². The minimum absolute atomic E-state index is 0.672. The molecule has 3 rings (SSSR count). The van der Waals surface area contributed by atoms with E-state index in [1.165, 1.54) is 44.3 Å². The fourth-order valence-electron chi connectivity index (χ4n) is 3.72. The van der Waals surface area contributed by atoms with Crippen LogP contribution in [0, 0.1) is 0 Å². The third kappa shape index (κ3) is 4.68. The van der Waals surface area contributed by atoms with E-state index in [-0.39, 0.29) is 0 Å². The smallest absolute Gasteiger partial charge is 0.0948 e. The Morgan fingerprint density at radius 3 is 2.00 bits per heavy atom. The van der Waals surface area contributed by atoms with Crippen LogP contribution in [-0.4, -0.2) is 29.6 Å². The van der Waals surface area contributed by atoms with E-state index in [9.17, 15) is 5.11 Å². The van der Waals surface area contributed by atoms with E-state index >= 15 is 0 Å². The van der Waals surface area contributed by atoms with Crippen LogP contribution >= 0.6 is 0 Å². The van der Waals surface area contributed by atoms with E-state index in [1.807, 2.05) is 24.3 Å². The van der Waals surface area contributed by atoms with Gasteiger partial charge in [-0.25, -0.2) is 0 Å². The Bertz CT molecular complexity index is 590. The summed E-state index contributed by atoms with van der Waals surface area (Å²) in [4.78, 5) is 2.53. The first kappa shape index (κ1) is 17.2. The molecule has 2 heteroatoms. The van der Waals surface area contributed by atoms with E-state index in [4.69, 9.17) is 0 Å². The number of aliphatic hydroxyl groups is 1. The van der Waals surface area contributed by atoms with Crippen molar-refractivity contribution in [3.8, 4) is 0 Å². The van der Waals surface area contributed by atoms with Gasteiger partial charge >= 0.3 is 0 Å². The monoisotopic (exact) mass is 323 g/mol. The summed E-state index contributed by atoms with van der Waals surface area (Å²) in [6.07, 6.45) is 6.75. The van der Waals surface area contributed by atoms with Gasteiger partial charge in [0.25, 0.3) is 0 Å². The Hall–Kier alpha value is -1.64. The molecular formula is C22H29NO. The Morgan fingerprint density at radius 1 is 0.792 bits per heavy atom. The minimum Gasteiger partial charge on any atom is -0.385 e. The van der Waals surface area contributed by atoms with Gasteiger partial charge in [-0.2, -0.15) is 0 Å². The van der Waals surface area contributed by atoms with E-state index in [2.05, 4.69) is 41.3 Å². The SMILES string of the molecule is O[C@@](CCN1CCCCCC1)(Cc1ccccc1)c1ccccc1. The predicted molar refractivity (Wildman–Crippen MR) is 100 cm³/mol. The van der Waals surface area contributed by atoms with Gasteiger partial charge in [-0.1, -0.05) is 73.5 Å². The lowest BCUT2D eigenvalue weighted by Gasteiger charge is -2.32. The molecule has 2 aromatic carbocycles. The van der Waals surface area contributed by atoms with Gasteiger partial charge in [-0.3, -0.25) is 0 Å². The van der Waals surface area contributed by atoms with Crippen molar-refractivity contribution < 1.29 is 5.11 Å². The Balaban J connectivity index is 1.74. The average molecular weight is 323 g/mol. The summed E-state index contributed by atoms with van der Waals surface area (Å²) in [5, 5.41) is 11.5. The molecular weight excluding hydrogens is 294 g/mol. The lowest BCUT2D eigenvalue weighted by atomic mass is 9.84. The van der Waals surface area contributed by atoms with Crippen LogP contribution in [0.3, 0.4) is 0 Å². The normalized spacial score (nSPS) is 18.7. The maximum Gasteiger partial charge on any atom is 0.0948 e. The first-order valence-corrected chi connectivity index (χ1v) is 9.30. The first-order valence-electron chi connectivity index (χ1n) is 9.30. The predicted octanol–water partition coefficient (Wildman–Crippen LogP) is 4.38. The molecule has 1 N–H and O–H groups in total. The maximum absolute atomic E-state index is 11.5. The van der Waals surface area contributed by atoms with E-state index in [1.54, 1.807) is 0 Å². The number of nitrogens with zero attached hydrogens (tertiary/aromatic N) is 1. The largest absolute Gasteiger partial charge is 0.385 e. The number of benzene rings is 2. The second-order valence-corrected chi connectivity index (χ2v) is 7.07. The second kappa shape index (κ2) is 8.46. The zero-order chi connectivity index (χ0) is 16.7. The van der Waals surface area contributed by atoms with Crippen molar-refractivity contribution in [2.24, 2.45) is 0 Å². The molecule has 2 aromatic rings. The van der Waals surface area contributed by atoms with Crippen molar-refractivity contribution in [3.63, 3.8) is 0 Å². The fourth-order valence-corrected chi connectivity index (χ4v) is 3.72. The zero-order valence-corrected chi connectivity index (χ0v) is 14.5. The quantitative estimate of drug-likeness (QED) is 0.852. The molecule has 0 aliphatic carbocycles. The molecule has 0 aromatic heterocycles. The summed E-state index contributed by atoms with van der Waals surface area (Å²) in [6, 6.07) is 20.5. The summed E-state index contributed by atoms with van der Waals surface area (Å²) < 4.78 is 0. The topological polar surface area (TPSA) is 23.5 Å². The average Bonchev–Trinajstić information content (AvgIpc) is 2.91. The second-order valence-electron chi connectivity index (χ2n) is 7.07. The molecule has 1 heterocycles. The molecule has 0 unspecified atom stereocenters. The summed E-state index contributed by atoms with van der Waals surface area (Å²) in [7, 11) is 0. The van der Waals surface area contributed by atoms with Crippen LogP contribution in [0.1, 0.15) is 43.2 Å². The highest BCUT2D eigenvalue weighted by Crippen LogP contribution is 2.30. The molecule has 0 amide bonds. The number of hydrogen-bond donors (Lipinski definition) is 1. The van der Waals surface area contributed by atoms with Crippen molar-refractivity contribution in [2.75, 3.05) is 19.6 Å². The van der Waals surface area contributed by atoms with E-state index in [0.717, 1.165) is 18.5 Å². The maximum atomic E-state index is 11.5. The van der Waals surface area contributed by atoms with Gasteiger partial charge in [-0.05, 0) is 43.5 Å². The van der Waals surface area contributed by atoms with Crippen LogP contribution in [0.5, 0.6) is 0 Å². The molecule has 1 aliphatic heterocycles. The molecule has 1 aliphatic rings. The molecule has 1 saturated heterocycles. The molecule has 0 saturated carbocycles. The lowest BCUT2D eigenvalue weighted by molar-refractivity contribution is 0.0175. The summed E-state index contributed by atoms with van der Waals surface area (Å²) in [5.41, 5.74) is 1.43. The molecule has 2 nitrogen and oxygen atoms in total. The molecule has 24 heavy (non-hydrogen) atoms. The van der Waals surface area contributed by atoms with Crippen LogP contribution < -0.4 is 0 Å². The van der Waals surface area contributed by atoms with Crippen molar-refractivity contribution in [2.45, 2.75) is 44.1 Å². The standard InChI is InChI=1S/C22H29NO/c24-22(21-13-7-4-8-14-21,19-20-11-5-3-6-12-20)15-18-23-16-9-1-2-10-17-23/h3-8,11-14,24H,1-2,9-10,15-19H2/t22-/m0/s1. The zero-order valence-electron chi connectivity index (χ0n) is 14.5. The Kier molecular flexibility index (Phi) is 6.06. The van der Waals surface area contributed by atoms with Gasteiger partial charge in [0.15, 0.2) is 0 Å². The highest BCUT2D eigenvalue weighted by atomic mass is 16.3. The van der Waals surface area contributed by atoms with Crippen LogP contribution in [0.15, 0.2) is 60.7 Å². The molecule has 1 fully saturated rings. The van der Waals surface area contributed by atoms with Gasteiger partial charge < -0.3 is 10.0 Å². The third-order valence-electron chi connectivity index (χ3n) is 5.19. The summed E-state index contributed by atoms with van der Waals surface area (Å²) in [6.45, 7) is 3.32. The molecule has 0 radical (unpaired) electrons. The fraction of sp³-hybridized carbons (Fsp3) is 0.455.